The van der Waals surface area contributed by atoms with Gasteiger partial charge < -0.3 is 5.73 Å². The molecule has 78 valence electrons. The molecule has 0 aliphatic heterocycles. The van der Waals surface area contributed by atoms with E-state index in [1.165, 1.54) is 6.07 Å². The van der Waals surface area contributed by atoms with Crippen LogP contribution in [0.4, 0.5) is 4.39 Å². The van der Waals surface area contributed by atoms with Crippen LogP contribution in [0.1, 0.15) is 25.3 Å². The molecule has 0 radical (unpaired) electrons. The van der Waals surface area contributed by atoms with Crippen molar-refractivity contribution in [3.05, 3.63) is 34.1 Å². The Bertz CT molecular complexity index is 301. The first-order valence-corrected chi connectivity index (χ1v) is 5.62. The summed E-state index contributed by atoms with van der Waals surface area (Å²) in [6.45, 7) is 2.08. The highest BCUT2D eigenvalue weighted by Crippen LogP contribution is 2.16. The van der Waals surface area contributed by atoms with Crippen molar-refractivity contribution in [1.29, 1.82) is 0 Å². The lowest BCUT2D eigenvalue weighted by atomic mass is 10.0. The molecule has 2 N–H and O–H groups in total. The maximum absolute atomic E-state index is 13.4. The molecular weight excluding hydrogens is 245 g/mol. The molecule has 1 aromatic carbocycles. The summed E-state index contributed by atoms with van der Waals surface area (Å²) >= 11 is 3.22. The molecule has 1 rings (SSSR count). The minimum absolute atomic E-state index is 0.0654. The van der Waals surface area contributed by atoms with E-state index in [1.54, 1.807) is 6.07 Å². The van der Waals surface area contributed by atoms with Crippen molar-refractivity contribution in [3.8, 4) is 0 Å². The summed E-state index contributed by atoms with van der Waals surface area (Å²) in [7, 11) is 0. The first kappa shape index (κ1) is 11.7. The zero-order valence-corrected chi connectivity index (χ0v) is 9.85. The van der Waals surface area contributed by atoms with Crippen molar-refractivity contribution in [2.75, 3.05) is 0 Å². The van der Waals surface area contributed by atoms with E-state index >= 15 is 0 Å². The van der Waals surface area contributed by atoms with Crippen molar-refractivity contribution in [1.82, 2.24) is 0 Å². The fraction of sp³-hybridized carbons (Fsp3) is 0.455. The number of nitrogens with two attached hydrogens (primary N) is 1. The Morgan fingerprint density at radius 2 is 2.21 bits per heavy atom. The molecule has 0 heterocycles. The monoisotopic (exact) mass is 259 g/mol. The van der Waals surface area contributed by atoms with Crippen LogP contribution in [-0.4, -0.2) is 6.04 Å². The lowest BCUT2D eigenvalue weighted by Gasteiger charge is -2.10. The third-order valence-electron chi connectivity index (χ3n) is 2.16. The Morgan fingerprint density at radius 1 is 1.50 bits per heavy atom. The molecule has 0 aromatic heterocycles. The van der Waals surface area contributed by atoms with Crippen LogP contribution in [0.2, 0.25) is 0 Å². The molecule has 1 nitrogen and oxygen atoms in total. The minimum Gasteiger partial charge on any atom is -0.327 e. The molecule has 0 saturated carbocycles. The van der Waals surface area contributed by atoms with Crippen LogP contribution in [-0.2, 0) is 6.42 Å². The quantitative estimate of drug-likeness (QED) is 0.883. The van der Waals surface area contributed by atoms with E-state index in [0.717, 1.165) is 17.3 Å². The SMILES string of the molecule is CCCC(N)Cc1ccc(Br)cc1F. The van der Waals surface area contributed by atoms with E-state index in [4.69, 9.17) is 5.73 Å². The van der Waals surface area contributed by atoms with Crippen LogP contribution >= 0.6 is 15.9 Å². The van der Waals surface area contributed by atoms with Gasteiger partial charge >= 0.3 is 0 Å². The average molecular weight is 260 g/mol. The van der Waals surface area contributed by atoms with Gasteiger partial charge in [0.2, 0.25) is 0 Å². The number of halogens is 2. The average Bonchev–Trinajstić information content (AvgIpc) is 2.10. The second kappa shape index (κ2) is 5.47. The number of benzene rings is 1. The van der Waals surface area contributed by atoms with Gasteiger partial charge in [0, 0.05) is 10.5 Å². The van der Waals surface area contributed by atoms with Crippen molar-refractivity contribution in [3.63, 3.8) is 0 Å². The van der Waals surface area contributed by atoms with E-state index in [0.29, 0.717) is 12.0 Å². The fourth-order valence-electron chi connectivity index (χ4n) is 1.44. The highest BCUT2D eigenvalue weighted by molar-refractivity contribution is 9.10. The van der Waals surface area contributed by atoms with E-state index in [1.807, 2.05) is 6.07 Å². The Kier molecular flexibility index (Phi) is 4.55. The zero-order chi connectivity index (χ0) is 10.6. The van der Waals surface area contributed by atoms with Gasteiger partial charge in [-0.25, -0.2) is 4.39 Å². The summed E-state index contributed by atoms with van der Waals surface area (Å²) < 4.78 is 14.1. The molecule has 0 amide bonds. The molecule has 3 heteroatoms. The third-order valence-corrected chi connectivity index (χ3v) is 2.65. The highest BCUT2D eigenvalue weighted by Gasteiger charge is 2.07. The maximum atomic E-state index is 13.4. The van der Waals surface area contributed by atoms with E-state index < -0.39 is 0 Å². The summed E-state index contributed by atoms with van der Waals surface area (Å²) in [6, 6.07) is 5.18. The predicted molar refractivity (Wildman–Crippen MR) is 60.7 cm³/mol. The molecule has 1 atom stereocenters. The molecule has 0 fully saturated rings. The van der Waals surface area contributed by atoms with Gasteiger partial charge in [-0.05, 0) is 30.5 Å². The van der Waals surface area contributed by atoms with Gasteiger partial charge in [0.05, 0.1) is 0 Å². The molecular formula is C11H15BrFN. The Morgan fingerprint density at radius 3 is 2.79 bits per heavy atom. The summed E-state index contributed by atoms with van der Waals surface area (Å²) in [6.07, 6.45) is 2.60. The minimum atomic E-state index is -0.175. The zero-order valence-electron chi connectivity index (χ0n) is 8.26. The van der Waals surface area contributed by atoms with Gasteiger partial charge in [0.25, 0.3) is 0 Å². The van der Waals surface area contributed by atoms with Gasteiger partial charge in [0.1, 0.15) is 5.82 Å². The van der Waals surface area contributed by atoms with Crippen molar-refractivity contribution >= 4 is 15.9 Å². The molecule has 14 heavy (non-hydrogen) atoms. The fourth-order valence-corrected chi connectivity index (χ4v) is 1.78. The molecule has 0 aliphatic carbocycles. The highest BCUT2D eigenvalue weighted by atomic mass is 79.9. The van der Waals surface area contributed by atoms with Gasteiger partial charge in [0.15, 0.2) is 0 Å². The molecule has 0 saturated heterocycles. The van der Waals surface area contributed by atoms with Gasteiger partial charge in [-0.15, -0.1) is 0 Å². The van der Waals surface area contributed by atoms with Crippen molar-refractivity contribution < 1.29 is 4.39 Å². The van der Waals surface area contributed by atoms with Crippen LogP contribution in [0.5, 0.6) is 0 Å². The number of rotatable bonds is 4. The van der Waals surface area contributed by atoms with Gasteiger partial charge in [-0.3, -0.25) is 0 Å². The number of hydrogen-bond acceptors (Lipinski definition) is 1. The summed E-state index contributed by atoms with van der Waals surface area (Å²) in [5.74, 6) is -0.175. The van der Waals surface area contributed by atoms with Crippen LogP contribution in [0.15, 0.2) is 22.7 Å². The first-order valence-electron chi connectivity index (χ1n) is 4.83. The second-order valence-electron chi connectivity index (χ2n) is 3.49. The molecule has 0 aliphatic rings. The number of hydrogen-bond donors (Lipinski definition) is 1. The first-order chi connectivity index (χ1) is 6.63. The van der Waals surface area contributed by atoms with Crippen LogP contribution in [0, 0.1) is 5.82 Å². The smallest absolute Gasteiger partial charge is 0.127 e. The van der Waals surface area contributed by atoms with E-state index in [-0.39, 0.29) is 11.9 Å². The summed E-state index contributed by atoms with van der Waals surface area (Å²) in [5, 5.41) is 0. The topological polar surface area (TPSA) is 26.0 Å². The molecule has 1 aromatic rings. The Balaban J connectivity index is 2.67. The predicted octanol–water partition coefficient (Wildman–Crippen LogP) is 3.26. The molecule has 1 unspecified atom stereocenters. The third kappa shape index (κ3) is 3.39. The largest absolute Gasteiger partial charge is 0.327 e. The molecule has 0 spiro atoms. The normalized spacial score (nSPS) is 12.9. The van der Waals surface area contributed by atoms with Crippen LogP contribution in [0.25, 0.3) is 0 Å². The Labute approximate surface area is 92.6 Å². The lowest BCUT2D eigenvalue weighted by Crippen LogP contribution is -2.22. The van der Waals surface area contributed by atoms with Crippen molar-refractivity contribution in [2.24, 2.45) is 5.73 Å². The van der Waals surface area contributed by atoms with E-state index in [9.17, 15) is 4.39 Å². The maximum Gasteiger partial charge on any atom is 0.127 e. The Hall–Kier alpha value is -0.410. The summed E-state index contributed by atoms with van der Waals surface area (Å²) in [5.41, 5.74) is 6.55. The lowest BCUT2D eigenvalue weighted by molar-refractivity contribution is 0.561. The summed E-state index contributed by atoms with van der Waals surface area (Å²) in [4.78, 5) is 0. The second-order valence-corrected chi connectivity index (χ2v) is 4.40. The van der Waals surface area contributed by atoms with Crippen LogP contribution < -0.4 is 5.73 Å². The van der Waals surface area contributed by atoms with Crippen LogP contribution in [0.3, 0.4) is 0 Å². The molecule has 0 bridgehead atoms. The standard InChI is InChI=1S/C11H15BrFN/c1-2-3-10(14)6-8-4-5-9(12)7-11(8)13/h4-5,7,10H,2-3,6,14H2,1H3. The van der Waals surface area contributed by atoms with Crippen molar-refractivity contribution in [2.45, 2.75) is 32.2 Å². The van der Waals surface area contributed by atoms with Gasteiger partial charge in [-0.2, -0.15) is 0 Å². The van der Waals surface area contributed by atoms with E-state index in [2.05, 4.69) is 22.9 Å². The van der Waals surface area contributed by atoms with Gasteiger partial charge in [-0.1, -0.05) is 35.3 Å².